The van der Waals surface area contributed by atoms with Crippen molar-refractivity contribution in [1.82, 2.24) is 10.2 Å². The largest absolute Gasteiger partial charge is 0.354 e. The molecule has 2 amide bonds. The molecular weight excluding hydrogens is 484 g/mol. The van der Waals surface area contributed by atoms with E-state index < -0.39 is 33.4 Å². The lowest BCUT2D eigenvalue weighted by Crippen LogP contribution is -2.52. The molecule has 2 rings (SSSR count). The number of amides is 2. The molecule has 2 aromatic carbocycles. The van der Waals surface area contributed by atoms with Gasteiger partial charge in [-0.25, -0.2) is 8.42 Å². The van der Waals surface area contributed by atoms with Crippen LogP contribution in [-0.4, -0.2) is 55.4 Å². The topological polar surface area (TPSA) is 130 Å². The lowest BCUT2D eigenvalue weighted by Gasteiger charge is -2.33. The molecule has 0 aliphatic carbocycles. The molecule has 2 aromatic rings. The van der Waals surface area contributed by atoms with Gasteiger partial charge in [0, 0.05) is 25.2 Å². The summed E-state index contributed by atoms with van der Waals surface area (Å²) < 4.78 is 26.3. The summed E-state index contributed by atoms with van der Waals surface area (Å²) in [6, 6.07) is 12.1. The smallest absolute Gasteiger partial charge is 0.271 e. The lowest BCUT2D eigenvalue weighted by molar-refractivity contribution is -0.384. The first-order chi connectivity index (χ1) is 17.0. The fourth-order valence-corrected chi connectivity index (χ4v) is 4.68. The molecule has 0 aromatic heterocycles. The standard InChI is InChI=1S/C25H34N4O6S/c1-5-7-15-26-25(31)22(6-2)27(17-20-11-9-8-10-12-20)24(30)18-28(36(4,34)35)23-16-21(29(32)33)14-13-19(23)3/h8-14,16,22H,5-7,15,17-18H2,1-4H3,(H,26,31). The SMILES string of the molecule is CCCCNC(=O)C(CC)N(Cc1ccccc1)C(=O)CN(c1cc([N+](=O)[O-])ccc1C)S(C)(=O)=O. The van der Waals surface area contributed by atoms with E-state index in [1.54, 1.807) is 13.8 Å². The van der Waals surface area contributed by atoms with Gasteiger partial charge in [-0.2, -0.15) is 0 Å². The summed E-state index contributed by atoms with van der Waals surface area (Å²) in [6.45, 7) is 5.37. The number of aryl methyl sites for hydroxylation is 1. The molecule has 11 heteroatoms. The summed E-state index contributed by atoms with van der Waals surface area (Å²) in [4.78, 5) is 38.7. The molecular formula is C25H34N4O6S. The number of carbonyl (C=O) groups is 2. The van der Waals surface area contributed by atoms with Crippen LogP contribution < -0.4 is 9.62 Å². The second-order valence-corrected chi connectivity index (χ2v) is 10.5. The maximum absolute atomic E-state index is 13.6. The minimum atomic E-state index is -3.99. The molecule has 0 bridgehead atoms. The van der Waals surface area contributed by atoms with Crippen molar-refractivity contribution in [2.75, 3.05) is 23.7 Å². The number of non-ortho nitro benzene ring substituents is 1. The zero-order valence-corrected chi connectivity index (χ0v) is 22.0. The number of rotatable bonds is 13. The molecule has 0 aliphatic rings. The van der Waals surface area contributed by atoms with E-state index in [1.165, 1.54) is 17.0 Å². The Kier molecular flexibility index (Phi) is 10.4. The van der Waals surface area contributed by atoms with Crippen molar-refractivity contribution in [2.45, 2.75) is 52.6 Å². The average molecular weight is 519 g/mol. The van der Waals surface area contributed by atoms with Crippen molar-refractivity contribution in [3.05, 3.63) is 69.8 Å². The van der Waals surface area contributed by atoms with E-state index in [0.717, 1.165) is 35.0 Å². The molecule has 0 heterocycles. The molecule has 0 saturated carbocycles. The summed E-state index contributed by atoms with van der Waals surface area (Å²) in [5, 5.41) is 14.2. The third-order valence-electron chi connectivity index (χ3n) is 5.76. The molecule has 10 nitrogen and oxygen atoms in total. The van der Waals surface area contributed by atoms with Crippen LogP contribution in [0.4, 0.5) is 11.4 Å². The number of nitro benzene ring substituents is 1. The van der Waals surface area contributed by atoms with Gasteiger partial charge in [0.2, 0.25) is 21.8 Å². The number of hydrogen-bond acceptors (Lipinski definition) is 6. The van der Waals surface area contributed by atoms with Crippen LogP contribution in [0.3, 0.4) is 0 Å². The monoisotopic (exact) mass is 518 g/mol. The summed E-state index contributed by atoms with van der Waals surface area (Å²) >= 11 is 0. The van der Waals surface area contributed by atoms with Crippen LogP contribution in [0.5, 0.6) is 0 Å². The van der Waals surface area contributed by atoms with Gasteiger partial charge in [-0.3, -0.25) is 24.0 Å². The van der Waals surface area contributed by atoms with E-state index in [4.69, 9.17) is 0 Å². The van der Waals surface area contributed by atoms with Gasteiger partial charge < -0.3 is 10.2 Å². The molecule has 0 aliphatic heterocycles. The van der Waals surface area contributed by atoms with Crippen molar-refractivity contribution >= 4 is 33.2 Å². The first-order valence-electron chi connectivity index (χ1n) is 11.8. The van der Waals surface area contributed by atoms with Crippen LogP contribution in [0, 0.1) is 17.0 Å². The average Bonchev–Trinajstić information content (AvgIpc) is 2.82. The normalized spacial score (nSPS) is 12.0. The molecule has 0 fully saturated rings. The third kappa shape index (κ3) is 7.77. The highest BCUT2D eigenvalue weighted by Gasteiger charge is 2.32. The predicted octanol–water partition coefficient (Wildman–Crippen LogP) is 3.39. The first-order valence-corrected chi connectivity index (χ1v) is 13.7. The molecule has 1 unspecified atom stereocenters. The van der Waals surface area contributed by atoms with Crippen molar-refractivity contribution in [3.63, 3.8) is 0 Å². The van der Waals surface area contributed by atoms with Crippen LogP contribution in [0.15, 0.2) is 48.5 Å². The van der Waals surface area contributed by atoms with E-state index in [2.05, 4.69) is 5.32 Å². The second kappa shape index (κ2) is 13.0. The Bertz CT molecular complexity index is 1170. The number of anilines is 1. The zero-order valence-electron chi connectivity index (χ0n) is 21.1. The Morgan fingerprint density at radius 3 is 2.33 bits per heavy atom. The predicted molar refractivity (Wildman–Crippen MR) is 139 cm³/mol. The summed E-state index contributed by atoms with van der Waals surface area (Å²) in [5.74, 6) is -0.902. The van der Waals surface area contributed by atoms with Crippen LogP contribution in [0.25, 0.3) is 0 Å². The van der Waals surface area contributed by atoms with Crippen molar-refractivity contribution in [3.8, 4) is 0 Å². The van der Waals surface area contributed by atoms with E-state index in [-0.39, 0.29) is 23.8 Å². The van der Waals surface area contributed by atoms with Crippen molar-refractivity contribution < 1.29 is 22.9 Å². The fourth-order valence-electron chi connectivity index (χ4n) is 3.78. The molecule has 0 spiro atoms. The van der Waals surface area contributed by atoms with Gasteiger partial charge in [0.05, 0.1) is 16.9 Å². The van der Waals surface area contributed by atoms with E-state index >= 15 is 0 Å². The number of benzene rings is 2. The summed E-state index contributed by atoms with van der Waals surface area (Å²) in [6.07, 6.45) is 2.96. The number of unbranched alkanes of at least 4 members (excludes halogenated alkanes) is 1. The maximum Gasteiger partial charge on any atom is 0.271 e. The minimum absolute atomic E-state index is 0.0418. The maximum atomic E-state index is 13.6. The number of sulfonamides is 1. The van der Waals surface area contributed by atoms with Gasteiger partial charge in [-0.15, -0.1) is 0 Å². The Hall–Kier alpha value is -3.47. The Morgan fingerprint density at radius 2 is 1.78 bits per heavy atom. The van der Waals surface area contributed by atoms with Gasteiger partial charge in [0.25, 0.3) is 5.69 Å². The van der Waals surface area contributed by atoms with Crippen LogP contribution >= 0.6 is 0 Å². The quantitative estimate of drug-likeness (QED) is 0.246. The lowest BCUT2D eigenvalue weighted by atomic mass is 10.1. The highest BCUT2D eigenvalue weighted by Crippen LogP contribution is 2.28. The fraction of sp³-hybridized carbons (Fsp3) is 0.440. The third-order valence-corrected chi connectivity index (χ3v) is 6.89. The Balaban J connectivity index is 2.46. The first kappa shape index (κ1) is 28.8. The number of nitrogens with zero attached hydrogens (tertiary/aromatic N) is 3. The Labute approximate surface area is 212 Å². The number of hydrogen-bond donors (Lipinski definition) is 1. The number of nitro groups is 1. The van der Waals surface area contributed by atoms with Crippen LogP contribution in [-0.2, 0) is 26.2 Å². The van der Waals surface area contributed by atoms with Crippen LogP contribution in [0.1, 0.15) is 44.2 Å². The number of carbonyl (C=O) groups excluding carboxylic acids is 2. The van der Waals surface area contributed by atoms with Gasteiger partial charge >= 0.3 is 0 Å². The molecule has 1 atom stereocenters. The van der Waals surface area contributed by atoms with Crippen LogP contribution in [0.2, 0.25) is 0 Å². The second-order valence-electron chi connectivity index (χ2n) is 8.57. The Morgan fingerprint density at radius 1 is 1.11 bits per heavy atom. The number of nitrogens with one attached hydrogen (secondary N) is 1. The highest BCUT2D eigenvalue weighted by atomic mass is 32.2. The van der Waals surface area contributed by atoms with E-state index in [9.17, 15) is 28.1 Å². The molecule has 196 valence electrons. The summed E-state index contributed by atoms with van der Waals surface area (Å²) in [7, 11) is -3.99. The van der Waals surface area contributed by atoms with E-state index in [0.29, 0.717) is 18.5 Å². The minimum Gasteiger partial charge on any atom is -0.354 e. The van der Waals surface area contributed by atoms with Gasteiger partial charge in [-0.05, 0) is 30.9 Å². The van der Waals surface area contributed by atoms with Gasteiger partial charge in [0.15, 0.2) is 0 Å². The molecule has 1 N–H and O–H groups in total. The summed E-state index contributed by atoms with van der Waals surface area (Å²) in [5.41, 5.74) is 0.987. The van der Waals surface area contributed by atoms with Crippen molar-refractivity contribution in [2.24, 2.45) is 0 Å². The van der Waals surface area contributed by atoms with E-state index in [1.807, 2.05) is 37.3 Å². The zero-order chi connectivity index (χ0) is 26.9. The molecule has 0 saturated heterocycles. The van der Waals surface area contributed by atoms with Gasteiger partial charge in [0.1, 0.15) is 12.6 Å². The van der Waals surface area contributed by atoms with Crippen molar-refractivity contribution in [1.29, 1.82) is 0 Å². The molecule has 36 heavy (non-hydrogen) atoms. The van der Waals surface area contributed by atoms with Gasteiger partial charge in [-0.1, -0.05) is 56.7 Å². The molecule has 0 radical (unpaired) electrons. The highest BCUT2D eigenvalue weighted by molar-refractivity contribution is 7.92.